The summed E-state index contributed by atoms with van der Waals surface area (Å²) in [6.45, 7) is 5.19. The molecule has 0 radical (unpaired) electrons. The molecular formula is C18H22N4O2. The van der Waals surface area contributed by atoms with Crippen LogP contribution in [0.5, 0.6) is 0 Å². The van der Waals surface area contributed by atoms with Gasteiger partial charge < -0.3 is 9.64 Å². The molecule has 6 heteroatoms. The van der Waals surface area contributed by atoms with Gasteiger partial charge in [0.05, 0.1) is 25.4 Å². The fourth-order valence-electron chi connectivity index (χ4n) is 2.97. The highest BCUT2D eigenvalue weighted by atomic mass is 16.5. The lowest BCUT2D eigenvalue weighted by Gasteiger charge is -2.28. The van der Waals surface area contributed by atoms with Gasteiger partial charge in [-0.05, 0) is 37.8 Å². The quantitative estimate of drug-likeness (QED) is 0.845. The van der Waals surface area contributed by atoms with Crippen molar-refractivity contribution in [1.29, 1.82) is 0 Å². The molecule has 0 spiro atoms. The maximum absolute atomic E-state index is 12.7. The predicted octanol–water partition coefficient (Wildman–Crippen LogP) is 2.17. The first-order chi connectivity index (χ1) is 11.7. The van der Waals surface area contributed by atoms with E-state index in [1.165, 1.54) is 12.8 Å². The van der Waals surface area contributed by atoms with E-state index in [0.717, 1.165) is 35.0 Å². The zero-order valence-corrected chi connectivity index (χ0v) is 13.9. The lowest BCUT2D eigenvalue weighted by atomic mass is 10.1. The first-order valence-electron chi connectivity index (χ1n) is 8.55. The summed E-state index contributed by atoms with van der Waals surface area (Å²) in [5.41, 5.74) is 3.74. The Kier molecular flexibility index (Phi) is 4.06. The number of hydrogen-bond acceptors (Lipinski definition) is 4. The third-order valence-electron chi connectivity index (χ3n) is 4.72. The van der Waals surface area contributed by atoms with E-state index in [-0.39, 0.29) is 5.91 Å². The molecule has 6 nitrogen and oxygen atoms in total. The van der Waals surface area contributed by atoms with E-state index in [1.807, 2.05) is 40.8 Å². The Morgan fingerprint density at radius 2 is 2.04 bits per heavy atom. The van der Waals surface area contributed by atoms with Gasteiger partial charge in [0, 0.05) is 18.7 Å². The first-order valence-corrected chi connectivity index (χ1v) is 8.55. The van der Waals surface area contributed by atoms with Crippen LogP contribution < -0.4 is 0 Å². The summed E-state index contributed by atoms with van der Waals surface area (Å²) in [6.07, 6.45) is 2.55. The molecule has 0 bridgehead atoms. The average molecular weight is 326 g/mol. The summed E-state index contributed by atoms with van der Waals surface area (Å²) in [5, 5.41) is 8.44. The van der Waals surface area contributed by atoms with E-state index in [0.29, 0.717) is 26.2 Å². The third-order valence-corrected chi connectivity index (χ3v) is 4.72. The van der Waals surface area contributed by atoms with Crippen molar-refractivity contribution >= 4 is 5.91 Å². The van der Waals surface area contributed by atoms with Gasteiger partial charge in [0.1, 0.15) is 5.69 Å². The molecule has 0 saturated heterocycles. The van der Waals surface area contributed by atoms with Gasteiger partial charge >= 0.3 is 0 Å². The molecule has 2 heterocycles. The molecule has 1 saturated carbocycles. The van der Waals surface area contributed by atoms with Gasteiger partial charge in [-0.2, -0.15) is 0 Å². The summed E-state index contributed by atoms with van der Waals surface area (Å²) in [5.74, 6) is 0.795. The Morgan fingerprint density at radius 3 is 2.79 bits per heavy atom. The number of carbonyl (C=O) groups is 1. The topological polar surface area (TPSA) is 60.2 Å². The normalized spacial score (nSPS) is 17.0. The van der Waals surface area contributed by atoms with E-state index in [9.17, 15) is 4.79 Å². The fourth-order valence-corrected chi connectivity index (χ4v) is 2.97. The summed E-state index contributed by atoms with van der Waals surface area (Å²) >= 11 is 0. The van der Waals surface area contributed by atoms with Crippen LogP contribution in [0, 0.1) is 12.8 Å². The second kappa shape index (κ2) is 6.36. The zero-order valence-electron chi connectivity index (χ0n) is 13.9. The van der Waals surface area contributed by atoms with E-state index in [4.69, 9.17) is 4.74 Å². The number of hydrogen-bond donors (Lipinski definition) is 0. The SMILES string of the molecule is Cc1ccc(C(=O)N2CCn3nnc(COCC4CC4)c3C2)cc1. The van der Waals surface area contributed by atoms with Crippen molar-refractivity contribution in [3.05, 3.63) is 46.8 Å². The molecule has 0 unspecified atom stereocenters. The van der Waals surface area contributed by atoms with Crippen LogP contribution in [0.3, 0.4) is 0 Å². The molecule has 2 aliphatic rings. The molecule has 0 atom stereocenters. The van der Waals surface area contributed by atoms with Crippen LogP contribution in [0.1, 0.15) is 40.2 Å². The predicted molar refractivity (Wildman–Crippen MR) is 88.3 cm³/mol. The van der Waals surface area contributed by atoms with Crippen molar-refractivity contribution in [2.75, 3.05) is 13.2 Å². The standard InChI is InChI=1S/C18H22N4O2/c1-13-2-6-15(7-3-13)18(23)21-8-9-22-17(10-21)16(19-20-22)12-24-11-14-4-5-14/h2-3,6-7,14H,4-5,8-12H2,1H3. The number of carbonyl (C=O) groups excluding carboxylic acids is 1. The smallest absolute Gasteiger partial charge is 0.254 e. The van der Waals surface area contributed by atoms with Crippen molar-refractivity contribution in [1.82, 2.24) is 19.9 Å². The highest BCUT2D eigenvalue weighted by Crippen LogP contribution is 2.29. The highest BCUT2D eigenvalue weighted by Gasteiger charge is 2.26. The highest BCUT2D eigenvalue weighted by molar-refractivity contribution is 5.94. The molecule has 0 N–H and O–H groups in total. The van der Waals surface area contributed by atoms with E-state index >= 15 is 0 Å². The number of rotatable bonds is 5. The van der Waals surface area contributed by atoms with E-state index in [2.05, 4.69) is 10.3 Å². The molecular weight excluding hydrogens is 304 g/mol. The molecule has 1 aromatic heterocycles. The van der Waals surface area contributed by atoms with Gasteiger partial charge in [0.2, 0.25) is 0 Å². The maximum atomic E-state index is 12.7. The Morgan fingerprint density at radius 1 is 1.25 bits per heavy atom. The van der Waals surface area contributed by atoms with E-state index < -0.39 is 0 Å². The van der Waals surface area contributed by atoms with Crippen molar-refractivity contribution in [3.8, 4) is 0 Å². The number of amides is 1. The number of fused-ring (bicyclic) bond motifs is 1. The van der Waals surface area contributed by atoms with Crippen LogP contribution in [0.2, 0.25) is 0 Å². The zero-order chi connectivity index (χ0) is 16.5. The number of ether oxygens (including phenoxy) is 1. The fraction of sp³-hybridized carbons (Fsp3) is 0.500. The summed E-state index contributed by atoms with van der Waals surface area (Å²) in [7, 11) is 0. The lowest BCUT2D eigenvalue weighted by molar-refractivity contribution is 0.0699. The summed E-state index contributed by atoms with van der Waals surface area (Å²) in [6, 6.07) is 7.73. The Labute approximate surface area is 141 Å². The molecule has 1 aliphatic carbocycles. The minimum Gasteiger partial charge on any atom is -0.375 e. The van der Waals surface area contributed by atoms with E-state index in [1.54, 1.807) is 0 Å². The molecule has 1 aliphatic heterocycles. The van der Waals surface area contributed by atoms with Gasteiger partial charge in [-0.15, -0.1) is 5.10 Å². The van der Waals surface area contributed by atoms with Crippen molar-refractivity contribution < 1.29 is 9.53 Å². The maximum Gasteiger partial charge on any atom is 0.254 e. The van der Waals surface area contributed by atoms with Crippen LogP contribution in [-0.4, -0.2) is 39.0 Å². The molecule has 24 heavy (non-hydrogen) atoms. The molecule has 1 amide bonds. The Bertz CT molecular complexity index is 734. The largest absolute Gasteiger partial charge is 0.375 e. The monoisotopic (exact) mass is 326 g/mol. The van der Waals surface area contributed by atoms with Crippen LogP contribution in [0.25, 0.3) is 0 Å². The first kappa shape index (κ1) is 15.3. The third kappa shape index (κ3) is 3.19. The molecule has 1 aromatic carbocycles. The van der Waals surface area contributed by atoms with Gasteiger partial charge in [-0.25, -0.2) is 4.68 Å². The molecule has 4 rings (SSSR count). The summed E-state index contributed by atoms with van der Waals surface area (Å²) < 4.78 is 7.64. The Balaban J connectivity index is 1.44. The van der Waals surface area contributed by atoms with Crippen molar-refractivity contribution in [2.45, 2.75) is 39.5 Å². The molecule has 126 valence electrons. The van der Waals surface area contributed by atoms with Crippen LogP contribution >= 0.6 is 0 Å². The average Bonchev–Trinajstić information content (AvgIpc) is 3.34. The Hall–Kier alpha value is -2.21. The molecule has 2 aromatic rings. The second-order valence-electron chi connectivity index (χ2n) is 6.76. The van der Waals surface area contributed by atoms with Crippen molar-refractivity contribution in [3.63, 3.8) is 0 Å². The van der Waals surface area contributed by atoms with Crippen LogP contribution in [0.4, 0.5) is 0 Å². The van der Waals surface area contributed by atoms with Crippen molar-refractivity contribution in [2.24, 2.45) is 5.92 Å². The van der Waals surface area contributed by atoms with Crippen LogP contribution in [-0.2, 0) is 24.4 Å². The summed E-state index contributed by atoms with van der Waals surface area (Å²) in [4.78, 5) is 14.6. The number of aryl methyl sites for hydroxylation is 1. The number of benzene rings is 1. The van der Waals surface area contributed by atoms with Crippen LogP contribution in [0.15, 0.2) is 24.3 Å². The second-order valence-corrected chi connectivity index (χ2v) is 6.76. The number of aromatic nitrogens is 3. The van der Waals surface area contributed by atoms with Gasteiger partial charge in [0.15, 0.2) is 0 Å². The van der Waals surface area contributed by atoms with Gasteiger partial charge in [0.25, 0.3) is 5.91 Å². The number of nitrogens with zero attached hydrogens (tertiary/aromatic N) is 4. The minimum atomic E-state index is 0.0623. The van der Waals surface area contributed by atoms with Gasteiger partial charge in [-0.1, -0.05) is 22.9 Å². The molecule has 1 fully saturated rings. The lowest BCUT2D eigenvalue weighted by Crippen LogP contribution is -2.38. The minimum absolute atomic E-state index is 0.0623. The van der Waals surface area contributed by atoms with Gasteiger partial charge in [-0.3, -0.25) is 4.79 Å².